The molecule has 4 aromatic rings. The Balaban J connectivity index is 1.16. The van der Waals surface area contributed by atoms with Crippen molar-refractivity contribution in [3.63, 3.8) is 0 Å². The lowest BCUT2D eigenvalue weighted by Gasteiger charge is -2.37. The van der Waals surface area contributed by atoms with Gasteiger partial charge < -0.3 is 24.3 Å². The lowest BCUT2D eigenvalue weighted by atomic mass is 10.1. The zero-order valence-corrected chi connectivity index (χ0v) is 22.7. The first-order chi connectivity index (χ1) is 18.6. The number of aryl methyl sites for hydroxylation is 1. The van der Waals surface area contributed by atoms with Crippen LogP contribution in [0.5, 0.6) is 5.75 Å². The zero-order chi connectivity index (χ0) is 26.1. The first-order valence-electron chi connectivity index (χ1n) is 13.1. The van der Waals surface area contributed by atoms with E-state index in [2.05, 4.69) is 56.1 Å². The van der Waals surface area contributed by atoms with Crippen LogP contribution in [0.3, 0.4) is 0 Å². The average molecular weight is 529 g/mol. The third-order valence-electron chi connectivity index (χ3n) is 7.61. The van der Waals surface area contributed by atoms with Crippen LogP contribution in [0.25, 0.3) is 10.2 Å². The van der Waals surface area contributed by atoms with Crippen LogP contribution in [0.2, 0.25) is 0 Å². The van der Waals surface area contributed by atoms with Gasteiger partial charge in [-0.15, -0.1) is 11.3 Å². The highest BCUT2D eigenvalue weighted by molar-refractivity contribution is 7.20. The number of hydrogen-bond donors (Lipinski definition) is 0. The summed E-state index contributed by atoms with van der Waals surface area (Å²) >= 11 is 1.50. The summed E-state index contributed by atoms with van der Waals surface area (Å²) in [6.45, 7) is 8.67. The summed E-state index contributed by atoms with van der Waals surface area (Å²) in [6, 6.07) is 18.6. The number of carbonyl (C=O) groups excluding carboxylic acids is 1. The maximum absolute atomic E-state index is 13.6. The van der Waals surface area contributed by atoms with E-state index in [0.29, 0.717) is 13.1 Å². The highest BCUT2D eigenvalue weighted by Gasteiger charge is 2.28. The zero-order valence-electron chi connectivity index (χ0n) is 21.8. The van der Waals surface area contributed by atoms with Crippen LogP contribution in [0, 0.1) is 6.92 Å². The van der Waals surface area contributed by atoms with Crippen LogP contribution in [0.4, 0.5) is 17.2 Å². The number of thiophene rings is 1. The Hall–Kier alpha value is -3.85. The standard InChI is InChI=1S/C29H32N6O2S/c1-21-25-27(34-16-12-33(13-17-34)23-8-10-24(37-2)11-9-23)30-20-31-28(25)38-26(21)29(36)35-18-14-32(15-19-35)22-6-4-3-5-7-22/h3-11,20H,12-19H2,1-2H3. The molecule has 0 N–H and O–H groups in total. The molecule has 8 nitrogen and oxygen atoms in total. The fraction of sp³-hybridized carbons (Fsp3) is 0.345. The SMILES string of the molecule is COc1ccc(N2CCN(c3ncnc4sc(C(=O)N5CCN(c6ccccc6)CC5)c(C)c34)CC2)cc1. The quantitative estimate of drug-likeness (QED) is 0.383. The van der Waals surface area contributed by atoms with E-state index < -0.39 is 0 Å². The summed E-state index contributed by atoms with van der Waals surface area (Å²) in [6.07, 6.45) is 1.64. The number of fused-ring (bicyclic) bond motifs is 1. The smallest absolute Gasteiger partial charge is 0.264 e. The lowest BCUT2D eigenvalue weighted by Crippen LogP contribution is -2.48. The molecule has 0 saturated carbocycles. The van der Waals surface area contributed by atoms with E-state index in [-0.39, 0.29) is 5.91 Å². The molecule has 2 aliphatic rings. The number of amides is 1. The topological polar surface area (TPSA) is 65.0 Å². The molecule has 2 saturated heterocycles. The fourth-order valence-corrected chi connectivity index (χ4v) is 6.53. The Morgan fingerprint density at radius 2 is 1.39 bits per heavy atom. The minimum absolute atomic E-state index is 0.105. The van der Waals surface area contributed by atoms with Crippen molar-refractivity contribution in [1.29, 1.82) is 0 Å². The first-order valence-corrected chi connectivity index (χ1v) is 13.9. The molecule has 2 aliphatic heterocycles. The molecule has 2 fully saturated rings. The van der Waals surface area contributed by atoms with Crippen molar-refractivity contribution in [2.24, 2.45) is 0 Å². The normalized spacial score (nSPS) is 16.3. The van der Waals surface area contributed by atoms with Crippen molar-refractivity contribution in [1.82, 2.24) is 14.9 Å². The predicted molar refractivity (Wildman–Crippen MR) is 154 cm³/mol. The summed E-state index contributed by atoms with van der Waals surface area (Å²) in [5, 5.41) is 1.02. The van der Waals surface area contributed by atoms with Gasteiger partial charge in [0.25, 0.3) is 5.91 Å². The van der Waals surface area contributed by atoms with Gasteiger partial charge in [0, 0.05) is 63.7 Å². The van der Waals surface area contributed by atoms with Gasteiger partial charge in [-0.25, -0.2) is 9.97 Å². The molecule has 0 bridgehead atoms. The highest BCUT2D eigenvalue weighted by atomic mass is 32.1. The number of ether oxygens (including phenoxy) is 1. The van der Waals surface area contributed by atoms with Gasteiger partial charge in [-0.05, 0) is 48.9 Å². The monoisotopic (exact) mass is 528 g/mol. The molecule has 196 valence electrons. The summed E-state index contributed by atoms with van der Waals surface area (Å²) in [5.41, 5.74) is 3.41. The Bertz CT molecular complexity index is 1410. The van der Waals surface area contributed by atoms with Gasteiger partial charge in [-0.2, -0.15) is 0 Å². The predicted octanol–water partition coefficient (Wildman–Crippen LogP) is 4.30. The molecule has 2 aromatic carbocycles. The summed E-state index contributed by atoms with van der Waals surface area (Å²) in [4.78, 5) is 33.6. The molecule has 0 unspecified atom stereocenters. The number of aromatic nitrogens is 2. The van der Waals surface area contributed by atoms with E-state index in [0.717, 1.165) is 71.5 Å². The van der Waals surface area contributed by atoms with Crippen molar-refractivity contribution in [3.05, 3.63) is 71.4 Å². The van der Waals surface area contributed by atoms with Crippen LogP contribution in [0.1, 0.15) is 15.2 Å². The maximum atomic E-state index is 13.6. The van der Waals surface area contributed by atoms with E-state index in [9.17, 15) is 4.79 Å². The van der Waals surface area contributed by atoms with Crippen LogP contribution in [0.15, 0.2) is 60.9 Å². The number of anilines is 3. The second-order valence-corrected chi connectivity index (χ2v) is 10.7. The molecule has 38 heavy (non-hydrogen) atoms. The van der Waals surface area contributed by atoms with E-state index in [1.54, 1.807) is 13.4 Å². The molecule has 0 radical (unpaired) electrons. The number of piperazine rings is 2. The number of nitrogens with zero attached hydrogens (tertiary/aromatic N) is 6. The number of methoxy groups -OCH3 is 1. The molecular weight excluding hydrogens is 496 g/mol. The third-order valence-corrected chi connectivity index (χ3v) is 8.79. The second-order valence-electron chi connectivity index (χ2n) is 9.72. The highest BCUT2D eigenvalue weighted by Crippen LogP contribution is 2.36. The number of carbonyl (C=O) groups is 1. The summed E-state index contributed by atoms with van der Waals surface area (Å²) in [5.74, 6) is 1.91. The van der Waals surface area contributed by atoms with E-state index >= 15 is 0 Å². The maximum Gasteiger partial charge on any atom is 0.264 e. The molecule has 4 heterocycles. The van der Waals surface area contributed by atoms with E-state index in [1.807, 2.05) is 30.0 Å². The molecule has 6 rings (SSSR count). The van der Waals surface area contributed by atoms with Crippen LogP contribution < -0.4 is 19.4 Å². The number of hydrogen-bond acceptors (Lipinski definition) is 8. The Labute approximate surface area is 227 Å². The van der Waals surface area contributed by atoms with E-state index in [1.165, 1.54) is 22.7 Å². The van der Waals surface area contributed by atoms with Crippen molar-refractivity contribution in [3.8, 4) is 5.75 Å². The van der Waals surface area contributed by atoms with Crippen molar-refractivity contribution in [2.45, 2.75) is 6.92 Å². The van der Waals surface area contributed by atoms with Gasteiger partial charge in [0.15, 0.2) is 0 Å². The Kier molecular flexibility index (Phi) is 6.76. The van der Waals surface area contributed by atoms with Gasteiger partial charge in [0.05, 0.1) is 17.4 Å². The van der Waals surface area contributed by atoms with Gasteiger partial charge in [-0.1, -0.05) is 18.2 Å². The van der Waals surface area contributed by atoms with Crippen molar-refractivity contribution < 1.29 is 9.53 Å². The van der Waals surface area contributed by atoms with Crippen molar-refractivity contribution >= 4 is 44.7 Å². The van der Waals surface area contributed by atoms with Crippen molar-refractivity contribution in [2.75, 3.05) is 74.2 Å². The molecule has 0 spiro atoms. The number of rotatable bonds is 5. The van der Waals surface area contributed by atoms with Gasteiger partial charge in [-0.3, -0.25) is 4.79 Å². The molecule has 0 aliphatic carbocycles. The van der Waals surface area contributed by atoms with Gasteiger partial charge in [0.1, 0.15) is 22.7 Å². The summed E-state index contributed by atoms with van der Waals surface area (Å²) in [7, 11) is 1.69. The first kappa shape index (κ1) is 24.5. The number of para-hydroxylation sites is 1. The minimum Gasteiger partial charge on any atom is -0.497 e. The number of benzene rings is 2. The largest absolute Gasteiger partial charge is 0.497 e. The van der Waals surface area contributed by atoms with Crippen LogP contribution in [-0.4, -0.2) is 80.2 Å². The van der Waals surface area contributed by atoms with Gasteiger partial charge in [0.2, 0.25) is 0 Å². The lowest BCUT2D eigenvalue weighted by molar-refractivity contribution is 0.0751. The van der Waals surface area contributed by atoms with Crippen LogP contribution in [-0.2, 0) is 0 Å². The fourth-order valence-electron chi connectivity index (χ4n) is 5.42. The van der Waals surface area contributed by atoms with Gasteiger partial charge >= 0.3 is 0 Å². The molecular formula is C29H32N6O2S. The Morgan fingerprint density at radius 1 is 0.789 bits per heavy atom. The summed E-state index contributed by atoms with van der Waals surface area (Å²) < 4.78 is 5.29. The molecule has 1 amide bonds. The average Bonchev–Trinajstić information content (AvgIpc) is 3.34. The molecule has 9 heteroatoms. The van der Waals surface area contributed by atoms with Crippen LogP contribution >= 0.6 is 11.3 Å². The third kappa shape index (κ3) is 4.62. The minimum atomic E-state index is 0.105. The molecule has 0 atom stereocenters. The second kappa shape index (κ2) is 10.5. The van der Waals surface area contributed by atoms with E-state index in [4.69, 9.17) is 9.72 Å². The Morgan fingerprint density at radius 3 is 2.05 bits per heavy atom. The molecule has 2 aromatic heterocycles.